The molecule has 3 N–H and O–H groups in total. The summed E-state index contributed by atoms with van der Waals surface area (Å²) in [6, 6.07) is -0.702. The van der Waals surface area contributed by atoms with Crippen LogP contribution in [0.2, 0.25) is 0 Å². The van der Waals surface area contributed by atoms with E-state index < -0.39 is 18.2 Å². The number of carbonyl (C=O) groups excluding carboxylic acids is 2. The van der Waals surface area contributed by atoms with Crippen LogP contribution in [0.25, 0.3) is 0 Å². The van der Waals surface area contributed by atoms with Gasteiger partial charge in [-0.25, -0.2) is 0 Å². The maximum Gasteiger partial charge on any atom is 0.306 e. The monoisotopic (exact) mass is 834 g/mol. The lowest BCUT2D eigenvalue weighted by Gasteiger charge is -2.24. The van der Waals surface area contributed by atoms with E-state index in [9.17, 15) is 19.8 Å². The minimum absolute atomic E-state index is 0.0635. The van der Waals surface area contributed by atoms with Gasteiger partial charge in [0.25, 0.3) is 0 Å². The van der Waals surface area contributed by atoms with E-state index in [1.807, 2.05) is 0 Å². The Morgan fingerprint density at radius 1 is 0.475 bits per heavy atom. The first-order chi connectivity index (χ1) is 29.0. The summed E-state index contributed by atoms with van der Waals surface area (Å²) < 4.78 is 5.92. The van der Waals surface area contributed by atoms with E-state index in [2.05, 4.69) is 38.2 Å². The maximum atomic E-state index is 13.2. The maximum absolute atomic E-state index is 13.2. The molecule has 0 radical (unpaired) electrons. The topological polar surface area (TPSA) is 95.9 Å². The number of aliphatic hydroxyl groups is 2. The van der Waals surface area contributed by atoms with Gasteiger partial charge in [0.1, 0.15) is 6.10 Å². The normalized spacial score (nSPS) is 13.2. The molecule has 3 unspecified atom stereocenters. The zero-order chi connectivity index (χ0) is 43.1. The Labute approximate surface area is 368 Å². The summed E-state index contributed by atoms with van der Waals surface area (Å²) in [6.07, 6.45) is 52.8. The number of hydrogen-bond donors (Lipinski definition) is 3. The summed E-state index contributed by atoms with van der Waals surface area (Å²) in [5, 5.41) is 23.7. The summed E-state index contributed by atoms with van der Waals surface area (Å²) >= 11 is 0. The highest BCUT2D eigenvalue weighted by atomic mass is 16.5. The van der Waals surface area contributed by atoms with Crippen molar-refractivity contribution in [2.24, 2.45) is 0 Å². The molecule has 0 rings (SSSR count). The third kappa shape index (κ3) is 43.1. The number of unbranched alkanes of at least 4 members (excludes halogenated alkanes) is 34. The van der Waals surface area contributed by atoms with Crippen molar-refractivity contribution in [1.82, 2.24) is 5.32 Å². The Balaban J connectivity index is 4.46. The zero-order valence-electron chi connectivity index (χ0n) is 39.9. The lowest BCUT2D eigenvalue weighted by molar-refractivity contribution is -0.151. The van der Waals surface area contributed by atoms with Gasteiger partial charge in [-0.15, -0.1) is 0 Å². The molecule has 0 spiro atoms. The molecule has 6 heteroatoms. The molecule has 0 fully saturated rings. The van der Waals surface area contributed by atoms with E-state index in [0.29, 0.717) is 19.3 Å². The minimum Gasteiger partial charge on any atom is -0.462 e. The Bertz CT molecular complexity index is 893. The first-order valence-electron chi connectivity index (χ1n) is 26.4. The molecular formula is C53H103NO5. The van der Waals surface area contributed by atoms with Crippen molar-refractivity contribution >= 4 is 11.9 Å². The van der Waals surface area contributed by atoms with Crippen molar-refractivity contribution in [2.45, 2.75) is 309 Å². The molecule has 0 aliphatic rings. The molecule has 350 valence electrons. The summed E-state index contributed by atoms with van der Waals surface area (Å²) in [7, 11) is 0. The van der Waals surface area contributed by atoms with Gasteiger partial charge in [-0.3, -0.25) is 9.59 Å². The van der Waals surface area contributed by atoms with Crippen molar-refractivity contribution in [1.29, 1.82) is 0 Å². The Kier molecular flexibility index (Phi) is 46.5. The molecule has 0 aromatic heterocycles. The van der Waals surface area contributed by atoms with Gasteiger partial charge in [0.15, 0.2) is 0 Å². The van der Waals surface area contributed by atoms with Crippen LogP contribution in [-0.2, 0) is 14.3 Å². The highest BCUT2D eigenvalue weighted by Gasteiger charge is 2.24. The number of aliphatic hydroxyl groups excluding tert-OH is 2. The predicted molar refractivity (Wildman–Crippen MR) is 255 cm³/mol. The molecule has 0 aromatic carbocycles. The smallest absolute Gasteiger partial charge is 0.306 e. The van der Waals surface area contributed by atoms with E-state index in [1.54, 1.807) is 0 Å². The number of ether oxygens (including phenoxy) is 1. The number of rotatable bonds is 48. The summed E-state index contributed by atoms with van der Waals surface area (Å²) in [4.78, 5) is 26.1. The van der Waals surface area contributed by atoms with Crippen LogP contribution in [0.4, 0.5) is 0 Å². The summed E-state index contributed by atoms with van der Waals surface area (Å²) in [6.45, 7) is 6.48. The molecule has 3 atom stereocenters. The number of amides is 1. The van der Waals surface area contributed by atoms with E-state index in [4.69, 9.17) is 4.74 Å². The largest absolute Gasteiger partial charge is 0.462 e. The number of hydrogen-bond acceptors (Lipinski definition) is 5. The first-order valence-corrected chi connectivity index (χ1v) is 26.4. The van der Waals surface area contributed by atoms with Gasteiger partial charge < -0.3 is 20.3 Å². The molecule has 59 heavy (non-hydrogen) atoms. The van der Waals surface area contributed by atoms with Gasteiger partial charge in [0, 0.05) is 6.42 Å². The summed E-state index contributed by atoms with van der Waals surface area (Å²) in [5.41, 5.74) is 0. The van der Waals surface area contributed by atoms with Gasteiger partial charge in [0.05, 0.1) is 25.2 Å². The molecular weight excluding hydrogens is 731 g/mol. The van der Waals surface area contributed by atoms with Crippen LogP contribution in [0, 0.1) is 0 Å². The molecule has 0 saturated carbocycles. The molecule has 0 aromatic rings. The van der Waals surface area contributed by atoms with Gasteiger partial charge in [0.2, 0.25) is 5.91 Å². The van der Waals surface area contributed by atoms with Crippen LogP contribution in [0.3, 0.4) is 0 Å². The SMILES string of the molecule is CCCCCCCC/C=C\CCCC(CC(=O)NC(CO)C(O)CCCCCCCCCCCCC)OC(=O)CCCCCCCCCCCCCCCCCCCC. The first kappa shape index (κ1) is 57.6. The Hall–Kier alpha value is -1.40. The van der Waals surface area contributed by atoms with Crippen LogP contribution in [0.5, 0.6) is 0 Å². The molecule has 0 aliphatic carbocycles. The lowest BCUT2D eigenvalue weighted by atomic mass is 10.0. The second kappa shape index (κ2) is 47.6. The number of esters is 1. The molecule has 6 nitrogen and oxygen atoms in total. The lowest BCUT2D eigenvalue weighted by Crippen LogP contribution is -2.46. The molecule has 0 heterocycles. The van der Waals surface area contributed by atoms with Crippen LogP contribution in [0.1, 0.15) is 290 Å². The van der Waals surface area contributed by atoms with Crippen LogP contribution in [0.15, 0.2) is 12.2 Å². The second-order valence-corrected chi connectivity index (χ2v) is 18.3. The average molecular weight is 834 g/mol. The van der Waals surface area contributed by atoms with Crippen LogP contribution in [-0.4, -0.2) is 46.9 Å². The quantitative estimate of drug-likeness (QED) is 0.0322. The minimum atomic E-state index is -0.787. The van der Waals surface area contributed by atoms with Gasteiger partial charge in [-0.05, 0) is 44.9 Å². The van der Waals surface area contributed by atoms with Gasteiger partial charge in [-0.1, -0.05) is 245 Å². The van der Waals surface area contributed by atoms with Crippen molar-refractivity contribution in [3.05, 3.63) is 12.2 Å². The van der Waals surface area contributed by atoms with Crippen molar-refractivity contribution in [2.75, 3.05) is 6.61 Å². The standard InChI is InChI=1S/C53H103NO5/c1-4-7-10-13-16-19-22-23-24-25-26-27-28-31-34-37-40-43-46-53(58)59-49(44-41-38-35-32-29-20-17-14-11-8-5-2)47-52(57)54-50(48-55)51(56)45-42-39-36-33-30-21-18-15-12-9-6-3/h32,35,49-51,55-56H,4-31,33-34,36-48H2,1-3H3,(H,54,57)/b35-32-. The third-order valence-electron chi connectivity index (χ3n) is 12.3. The molecule has 0 saturated heterocycles. The number of nitrogens with one attached hydrogen (secondary N) is 1. The molecule has 0 bridgehead atoms. The average Bonchev–Trinajstić information content (AvgIpc) is 3.23. The Morgan fingerprint density at radius 3 is 1.24 bits per heavy atom. The summed E-state index contributed by atoms with van der Waals surface area (Å²) in [5.74, 6) is -0.486. The fraction of sp³-hybridized carbons (Fsp3) is 0.925. The fourth-order valence-corrected chi connectivity index (χ4v) is 8.31. The highest BCUT2D eigenvalue weighted by molar-refractivity contribution is 5.77. The Morgan fingerprint density at radius 2 is 0.831 bits per heavy atom. The predicted octanol–water partition coefficient (Wildman–Crippen LogP) is 15.7. The second-order valence-electron chi connectivity index (χ2n) is 18.3. The van der Waals surface area contributed by atoms with Crippen molar-refractivity contribution in [3.8, 4) is 0 Å². The number of allylic oxidation sites excluding steroid dienone is 2. The number of carbonyl (C=O) groups is 2. The van der Waals surface area contributed by atoms with Gasteiger partial charge in [-0.2, -0.15) is 0 Å². The molecule has 1 amide bonds. The fourth-order valence-electron chi connectivity index (χ4n) is 8.31. The van der Waals surface area contributed by atoms with E-state index in [0.717, 1.165) is 51.4 Å². The highest BCUT2D eigenvalue weighted by Crippen LogP contribution is 2.18. The van der Waals surface area contributed by atoms with Crippen molar-refractivity contribution < 1.29 is 24.5 Å². The molecule has 0 aliphatic heterocycles. The van der Waals surface area contributed by atoms with E-state index in [-0.39, 0.29) is 24.9 Å². The van der Waals surface area contributed by atoms with Crippen LogP contribution < -0.4 is 5.32 Å². The van der Waals surface area contributed by atoms with E-state index >= 15 is 0 Å². The third-order valence-corrected chi connectivity index (χ3v) is 12.3. The zero-order valence-corrected chi connectivity index (χ0v) is 39.9. The van der Waals surface area contributed by atoms with E-state index in [1.165, 1.54) is 193 Å². The van der Waals surface area contributed by atoms with Gasteiger partial charge >= 0.3 is 5.97 Å². The van der Waals surface area contributed by atoms with Crippen molar-refractivity contribution in [3.63, 3.8) is 0 Å². The van der Waals surface area contributed by atoms with Crippen LogP contribution >= 0.6 is 0 Å².